The minimum atomic E-state index is -4.09. The molecule has 0 radical (unpaired) electrons. The van der Waals surface area contributed by atoms with Gasteiger partial charge in [-0.2, -0.15) is 12.7 Å². The average molecular weight is 408 g/mol. The molecule has 8 nitrogen and oxygen atoms in total. The van der Waals surface area contributed by atoms with Gasteiger partial charge in [0.25, 0.3) is 0 Å². The summed E-state index contributed by atoms with van der Waals surface area (Å²) in [6.07, 6.45) is 0.446. The van der Waals surface area contributed by atoms with Crippen molar-refractivity contribution in [2.75, 3.05) is 26.4 Å². The van der Waals surface area contributed by atoms with Crippen molar-refractivity contribution in [3.8, 4) is 0 Å². The molecule has 6 atom stereocenters. The van der Waals surface area contributed by atoms with E-state index in [4.69, 9.17) is 9.47 Å². The summed E-state index contributed by atoms with van der Waals surface area (Å²) in [7, 11) is -4.09. The molecule has 156 valence electrons. The summed E-state index contributed by atoms with van der Waals surface area (Å²) in [5.74, 6) is -1.07. The summed E-state index contributed by atoms with van der Waals surface area (Å²) in [5.41, 5.74) is 0. The van der Waals surface area contributed by atoms with Gasteiger partial charge in [0, 0.05) is 19.8 Å². The van der Waals surface area contributed by atoms with Crippen molar-refractivity contribution in [1.82, 2.24) is 9.03 Å². The Bertz CT molecular complexity index is 633. The minimum absolute atomic E-state index is 0.00323. The number of nitrogens with zero attached hydrogens (tertiary/aromatic N) is 1. The van der Waals surface area contributed by atoms with Gasteiger partial charge < -0.3 is 14.6 Å². The van der Waals surface area contributed by atoms with E-state index >= 15 is 4.39 Å². The summed E-state index contributed by atoms with van der Waals surface area (Å²) in [4.78, 5) is 11.5. The first-order chi connectivity index (χ1) is 12.8. The van der Waals surface area contributed by atoms with Gasteiger partial charge in [0.2, 0.25) is 5.91 Å². The smallest absolute Gasteiger partial charge is 0.304 e. The van der Waals surface area contributed by atoms with Gasteiger partial charge >= 0.3 is 10.2 Å². The molecule has 0 aromatic heterocycles. The highest BCUT2D eigenvalue weighted by atomic mass is 32.2. The van der Waals surface area contributed by atoms with Crippen LogP contribution in [-0.2, 0) is 24.5 Å². The van der Waals surface area contributed by atoms with E-state index in [0.717, 1.165) is 23.6 Å². The van der Waals surface area contributed by atoms with Crippen LogP contribution in [0.15, 0.2) is 0 Å². The van der Waals surface area contributed by atoms with Crippen molar-refractivity contribution in [3.05, 3.63) is 0 Å². The first kappa shape index (κ1) is 20.9. The summed E-state index contributed by atoms with van der Waals surface area (Å²) < 4.78 is 53.3. The molecule has 0 aromatic rings. The van der Waals surface area contributed by atoms with E-state index in [1.165, 1.54) is 0 Å². The van der Waals surface area contributed by atoms with Crippen molar-refractivity contribution >= 4 is 16.1 Å². The Morgan fingerprint density at radius 1 is 1.30 bits per heavy atom. The molecule has 1 aliphatic heterocycles. The maximum absolute atomic E-state index is 15.3. The minimum Gasteiger partial charge on any atom is -0.391 e. The summed E-state index contributed by atoms with van der Waals surface area (Å²) in [5, 5.41) is 10.4. The Morgan fingerprint density at radius 3 is 2.74 bits per heavy atom. The number of hydrogen-bond donors (Lipinski definition) is 2. The number of aliphatic hydroxyl groups excluding tert-OH is 1. The van der Waals surface area contributed by atoms with Crippen LogP contribution in [0, 0.1) is 11.8 Å². The molecule has 2 aliphatic carbocycles. The van der Waals surface area contributed by atoms with E-state index < -0.39 is 41.0 Å². The molecular weight excluding hydrogens is 379 g/mol. The van der Waals surface area contributed by atoms with Crippen LogP contribution in [0.4, 0.5) is 4.39 Å². The highest BCUT2D eigenvalue weighted by Gasteiger charge is 2.53. The van der Waals surface area contributed by atoms with Crippen molar-refractivity contribution < 1.29 is 32.2 Å². The van der Waals surface area contributed by atoms with Crippen molar-refractivity contribution in [1.29, 1.82) is 0 Å². The second-order valence-corrected chi connectivity index (χ2v) is 9.22. The van der Waals surface area contributed by atoms with Crippen LogP contribution in [0.25, 0.3) is 0 Å². The molecule has 2 saturated carbocycles. The third kappa shape index (κ3) is 4.61. The van der Waals surface area contributed by atoms with Gasteiger partial charge in [-0.25, -0.2) is 9.11 Å². The Labute approximate surface area is 159 Å². The number of carbonyl (C=O) groups excluding carboxylic acids is 1. The van der Waals surface area contributed by atoms with Gasteiger partial charge in [-0.1, -0.05) is 0 Å². The Hall–Kier alpha value is -0.810. The number of halogens is 1. The van der Waals surface area contributed by atoms with Crippen LogP contribution in [0.1, 0.15) is 39.0 Å². The van der Waals surface area contributed by atoms with Crippen molar-refractivity contribution in [2.45, 2.75) is 63.4 Å². The molecule has 1 heterocycles. The molecule has 0 spiro atoms. The summed E-state index contributed by atoms with van der Waals surface area (Å²) >= 11 is 0. The van der Waals surface area contributed by atoms with Gasteiger partial charge in [0.1, 0.15) is 6.17 Å². The summed E-state index contributed by atoms with van der Waals surface area (Å²) in [6, 6.07) is -1.23. The van der Waals surface area contributed by atoms with Gasteiger partial charge in [-0.3, -0.25) is 4.79 Å². The predicted octanol–water partition coefficient (Wildman–Crippen LogP) is 0.362. The first-order valence-electron chi connectivity index (χ1n) is 9.67. The Balaban J connectivity index is 1.62. The SMILES string of the molecule is CCOCCCOC1CCC2CC(O)C(N3CC(=O)NS3(=O)=O)C(F)C2C1. The highest BCUT2D eigenvalue weighted by molar-refractivity contribution is 7.88. The van der Waals surface area contributed by atoms with E-state index in [2.05, 4.69) is 0 Å². The average Bonchev–Trinajstić information content (AvgIpc) is 2.87. The second-order valence-electron chi connectivity index (χ2n) is 7.59. The van der Waals surface area contributed by atoms with E-state index in [1.54, 1.807) is 0 Å². The quantitative estimate of drug-likeness (QED) is 0.590. The largest absolute Gasteiger partial charge is 0.391 e. The number of alkyl halides is 1. The van der Waals surface area contributed by atoms with Gasteiger partial charge in [0.05, 0.1) is 24.8 Å². The lowest BCUT2D eigenvalue weighted by Crippen LogP contribution is -2.59. The third-order valence-corrected chi connectivity index (χ3v) is 7.32. The van der Waals surface area contributed by atoms with E-state index in [9.17, 15) is 18.3 Å². The molecule has 3 fully saturated rings. The number of rotatable bonds is 7. The molecular formula is C17H29FN2O6S. The zero-order valence-corrected chi connectivity index (χ0v) is 16.4. The van der Waals surface area contributed by atoms with Crippen LogP contribution >= 0.6 is 0 Å². The zero-order chi connectivity index (χ0) is 19.6. The number of ether oxygens (including phenoxy) is 2. The van der Waals surface area contributed by atoms with E-state index in [-0.39, 0.29) is 17.9 Å². The number of amides is 1. The standard InChI is InChI=1S/C17H29FN2O6S/c1-2-25-6-3-7-26-12-5-4-11-8-14(21)17(16(18)13(11)9-12)20-10-15(22)19-27(20,23)24/h11-14,16-17,21H,2-10H2,1H3,(H,19,22). The van der Waals surface area contributed by atoms with Crippen molar-refractivity contribution in [2.24, 2.45) is 11.8 Å². The Morgan fingerprint density at radius 2 is 2.07 bits per heavy atom. The molecule has 27 heavy (non-hydrogen) atoms. The van der Waals surface area contributed by atoms with E-state index in [1.807, 2.05) is 11.6 Å². The second kappa shape index (κ2) is 8.69. The number of hydrogen-bond acceptors (Lipinski definition) is 6. The zero-order valence-electron chi connectivity index (χ0n) is 15.5. The molecule has 10 heteroatoms. The van der Waals surface area contributed by atoms with Gasteiger partial charge in [-0.05, 0) is 50.9 Å². The monoisotopic (exact) mass is 408 g/mol. The van der Waals surface area contributed by atoms with Crippen LogP contribution in [0.3, 0.4) is 0 Å². The fourth-order valence-electron chi connectivity index (χ4n) is 4.61. The van der Waals surface area contributed by atoms with Crippen LogP contribution in [-0.4, -0.2) is 74.5 Å². The van der Waals surface area contributed by atoms with Crippen LogP contribution < -0.4 is 4.72 Å². The summed E-state index contributed by atoms with van der Waals surface area (Å²) in [6.45, 7) is 3.32. The maximum Gasteiger partial charge on any atom is 0.304 e. The first-order valence-corrected chi connectivity index (χ1v) is 11.1. The lowest BCUT2D eigenvalue weighted by Gasteiger charge is -2.47. The molecule has 3 rings (SSSR count). The molecule has 3 aliphatic rings. The molecule has 2 N–H and O–H groups in total. The molecule has 0 aromatic carbocycles. The van der Waals surface area contributed by atoms with Crippen LogP contribution in [0.2, 0.25) is 0 Å². The topological polar surface area (TPSA) is 105 Å². The number of aliphatic hydroxyl groups is 1. The van der Waals surface area contributed by atoms with Gasteiger partial charge in [-0.15, -0.1) is 0 Å². The fraction of sp³-hybridized carbons (Fsp3) is 0.941. The lowest BCUT2D eigenvalue weighted by atomic mass is 9.66. The molecule has 6 unspecified atom stereocenters. The maximum atomic E-state index is 15.3. The third-order valence-electron chi connectivity index (χ3n) is 5.85. The van der Waals surface area contributed by atoms with Crippen LogP contribution in [0.5, 0.6) is 0 Å². The number of fused-ring (bicyclic) bond motifs is 1. The molecule has 0 bridgehead atoms. The number of carbonyl (C=O) groups is 1. The lowest BCUT2D eigenvalue weighted by molar-refractivity contribution is -0.120. The molecule has 1 saturated heterocycles. The fourth-order valence-corrected chi connectivity index (χ4v) is 5.94. The van der Waals surface area contributed by atoms with Crippen molar-refractivity contribution in [3.63, 3.8) is 0 Å². The van der Waals surface area contributed by atoms with Gasteiger partial charge in [0.15, 0.2) is 0 Å². The Kier molecular flexibility index (Phi) is 6.73. The predicted molar refractivity (Wildman–Crippen MR) is 94.8 cm³/mol. The molecule has 1 amide bonds. The van der Waals surface area contributed by atoms with E-state index in [0.29, 0.717) is 32.7 Å². The number of nitrogens with one attached hydrogen (secondary N) is 1. The highest BCUT2D eigenvalue weighted by Crippen LogP contribution is 2.45. The normalized spacial score (nSPS) is 39.1.